The van der Waals surface area contributed by atoms with E-state index in [4.69, 9.17) is 4.98 Å². The first-order valence-electron chi connectivity index (χ1n) is 10.2. The van der Waals surface area contributed by atoms with Gasteiger partial charge in [0.2, 0.25) is 10.0 Å². The SMILES string of the molecule is CCn1c(CN(C)Cc2ccsc2)nc2cc(S(=O)(=O)N3CCCCC3)ccc21. The fourth-order valence-electron chi connectivity index (χ4n) is 4.04. The predicted molar refractivity (Wildman–Crippen MR) is 118 cm³/mol. The van der Waals surface area contributed by atoms with Gasteiger partial charge in [-0.3, -0.25) is 4.90 Å². The van der Waals surface area contributed by atoms with Gasteiger partial charge in [0.15, 0.2) is 0 Å². The van der Waals surface area contributed by atoms with Crippen molar-refractivity contribution in [1.29, 1.82) is 0 Å². The second-order valence-corrected chi connectivity index (χ2v) is 10.4. The van der Waals surface area contributed by atoms with Crippen LogP contribution in [0.25, 0.3) is 11.0 Å². The highest BCUT2D eigenvalue weighted by molar-refractivity contribution is 7.89. The van der Waals surface area contributed by atoms with Crippen LogP contribution in [0.2, 0.25) is 0 Å². The molecule has 8 heteroatoms. The average Bonchev–Trinajstić information content (AvgIpc) is 3.34. The molecule has 2 aromatic heterocycles. The lowest BCUT2D eigenvalue weighted by molar-refractivity contribution is 0.306. The van der Waals surface area contributed by atoms with Crippen LogP contribution in [-0.2, 0) is 29.7 Å². The second-order valence-electron chi connectivity index (χ2n) is 7.69. The maximum atomic E-state index is 13.0. The molecule has 0 spiro atoms. The van der Waals surface area contributed by atoms with Crippen molar-refractivity contribution in [3.63, 3.8) is 0 Å². The summed E-state index contributed by atoms with van der Waals surface area (Å²) in [6.07, 6.45) is 2.98. The maximum Gasteiger partial charge on any atom is 0.243 e. The third kappa shape index (κ3) is 4.26. The third-order valence-electron chi connectivity index (χ3n) is 5.51. The van der Waals surface area contributed by atoms with Crippen molar-refractivity contribution in [3.8, 4) is 0 Å². The molecule has 0 radical (unpaired) electrons. The fourth-order valence-corrected chi connectivity index (χ4v) is 6.24. The Labute approximate surface area is 176 Å². The van der Waals surface area contributed by atoms with E-state index in [-0.39, 0.29) is 0 Å². The zero-order chi connectivity index (χ0) is 20.4. The molecular formula is C21H28N4O2S2. The Kier molecular flexibility index (Phi) is 6.06. The Balaban J connectivity index is 1.62. The highest BCUT2D eigenvalue weighted by Gasteiger charge is 2.26. The smallest absolute Gasteiger partial charge is 0.243 e. The van der Waals surface area contributed by atoms with E-state index in [0.29, 0.717) is 24.5 Å². The molecule has 0 amide bonds. The average molecular weight is 433 g/mol. The van der Waals surface area contributed by atoms with E-state index in [1.54, 1.807) is 27.8 Å². The minimum Gasteiger partial charge on any atom is -0.327 e. The molecule has 29 heavy (non-hydrogen) atoms. The van der Waals surface area contributed by atoms with Crippen molar-refractivity contribution >= 4 is 32.4 Å². The summed E-state index contributed by atoms with van der Waals surface area (Å²) < 4.78 is 29.9. The molecule has 156 valence electrons. The van der Waals surface area contributed by atoms with Gasteiger partial charge in [0, 0.05) is 26.2 Å². The van der Waals surface area contributed by atoms with Crippen molar-refractivity contribution in [3.05, 3.63) is 46.4 Å². The summed E-state index contributed by atoms with van der Waals surface area (Å²) in [5.74, 6) is 0.966. The molecule has 4 rings (SSSR count). The Morgan fingerprint density at radius 1 is 1.14 bits per heavy atom. The molecule has 0 N–H and O–H groups in total. The van der Waals surface area contributed by atoms with Gasteiger partial charge in [0.1, 0.15) is 5.82 Å². The lowest BCUT2D eigenvalue weighted by Gasteiger charge is -2.25. The van der Waals surface area contributed by atoms with Gasteiger partial charge >= 0.3 is 0 Å². The van der Waals surface area contributed by atoms with Crippen LogP contribution in [0.3, 0.4) is 0 Å². The van der Waals surface area contributed by atoms with Crippen LogP contribution in [-0.4, -0.2) is 47.3 Å². The number of sulfonamides is 1. The summed E-state index contributed by atoms with van der Waals surface area (Å²) >= 11 is 1.71. The van der Waals surface area contributed by atoms with Crippen LogP contribution >= 0.6 is 11.3 Å². The van der Waals surface area contributed by atoms with Gasteiger partial charge < -0.3 is 4.57 Å². The number of hydrogen-bond donors (Lipinski definition) is 0. The molecule has 1 aliphatic rings. The number of aromatic nitrogens is 2. The molecule has 0 unspecified atom stereocenters. The van der Waals surface area contributed by atoms with Crippen LogP contribution in [0.15, 0.2) is 39.9 Å². The first-order valence-corrected chi connectivity index (χ1v) is 12.6. The summed E-state index contributed by atoms with van der Waals surface area (Å²) in [6, 6.07) is 7.53. The van der Waals surface area contributed by atoms with E-state index in [1.807, 2.05) is 6.07 Å². The Morgan fingerprint density at radius 3 is 2.62 bits per heavy atom. The van der Waals surface area contributed by atoms with Crippen LogP contribution in [0, 0.1) is 0 Å². The molecular weight excluding hydrogens is 404 g/mol. The van der Waals surface area contributed by atoms with Crippen LogP contribution in [0.5, 0.6) is 0 Å². The zero-order valence-electron chi connectivity index (χ0n) is 17.0. The van der Waals surface area contributed by atoms with E-state index < -0.39 is 10.0 Å². The molecule has 0 saturated carbocycles. The summed E-state index contributed by atoms with van der Waals surface area (Å²) in [6.45, 7) is 5.71. The van der Waals surface area contributed by atoms with Gasteiger partial charge in [-0.25, -0.2) is 13.4 Å². The molecule has 1 aromatic carbocycles. The standard InChI is InChI=1S/C21H28N4O2S2/c1-3-25-20-8-7-18(29(26,27)24-10-5-4-6-11-24)13-19(20)22-21(25)15-23(2)14-17-9-12-28-16-17/h7-9,12-13,16H,3-6,10-11,14-15H2,1-2H3. The number of thiophene rings is 1. The summed E-state index contributed by atoms with van der Waals surface area (Å²) in [4.78, 5) is 7.40. The summed E-state index contributed by atoms with van der Waals surface area (Å²) in [7, 11) is -1.36. The van der Waals surface area contributed by atoms with Crippen molar-refractivity contribution in [2.24, 2.45) is 0 Å². The number of hydrogen-bond acceptors (Lipinski definition) is 5. The van der Waals surface area contributed by atoms with Gasteiger partial charge in [-0.2, -0.15) is 15.6 Å². The Morgan fingerprint density at radius 2 is 1.93 bits per heavy atom. The largest absolute Gasteiger partial charge is 0.327 e. The second kappa shape index (κ2) is 8.55. The zero-order valence-corrected chi connectivity index (χ0v) is 18.7. The normalized spacial score (nSPS) is 16.1. The van der Waals surface area contributed by atoms with E-state index in [2.05, 4.69) is 40.3 Å². The van der Waals surface area contributed by atoms with Crippen molar-refractivity contribution in [1.82, 2.24) is 18.8 Å². The van der Waals surface area contributed by atoms with E-state index in [9.17, 15) is 8.42 Å². The Hall–Kier alpha value is -1.74. The van der Waals surface area contributed by atoms with Crippen molar-refractivity contribution in [2.45, 2.75) is 50.7 Å². The Bertz CT molecular complexity index is 1070. The van der Waals surface area contributed by atoms with Crippen LogP contribution in [0.4, 0.5) is 0 Å². The van der Waals surface area contributed by atoms with E-state index in [0.717, 1.165) is 49.2 Å². The highest BCUT2D eigenvalue weighted by Crippen LogP contribution is 2.25. The van der Waals surface area contributed by atoms with Gasteiger partial charge in [-0.05, 0) is 67.4 Å². The molecule has 1 aliphatic heterocycles. The lowest BCUT2D eigenvalue weighted by atomic mass is 10.2. The number of benzene rings is 1. The highest BCUT2D eigenvalue weighted by atomic mass is 32.2. The fraction of sp³-hybridized carbons (Fsp3) is 0.476. The number of piperidine rings is 1. The number of imidazole rings is 1. The minimum absolute atomic E-state index is 0.353. The van der Waals surface area contributed by atoms with Crippen LogP contribution < -0.4 is 0 Å². The third-order valence-corrected chi connectivity index (χ3v) is 8.14. The number of fused-ring (bicyclic) bond motifs is 1. The van der Waals surface area contributed by atoms with Gasteiger partial charge in [0.25, 0.3) is 0 Å². The monoisotopic (exact) mass is 432 g/mol. The first-order chi connectivity index (χ1) is 14.0. The first kappa shape index (κ1) is 20.5. The molecule has 0 atom stereocenters. The lowest BCUT2D eigenvalue weighted by Crippen LogP contribution is -2.35. The summed E-state index contributed by atoms with van der Waals surface area (Å²) in [5.41, 5.74) is 3.04. The molecule has 6 nitrogen and oxygen atoms in total. The van der Waals surface area contributed by atoms with E-state index >= 15 is 0 Å². The molecule has 0 bridgehead atoms. The predicted octanol–water partition coefficient (Wildman–Crippen LogP) is 3.92. The van der Waals surface area contributed by atoms with E-state index in [1.165, 1.54) is 5.56 Å². The van der Waals surface area contributed by atoms with Crippen molar-refractivity contribution in [2.75, 3.05) is 20.1 Å². The number of nitrogens with zero attached hydrogens (tertiary/aromatic N) is 4. The van der Waals surface area contributed by atoms with Crippen LogP contribution in [0.1, 0.15) is 37.6 Å². The quantitative estimate of drug-likeness (QED) is 0.568. The van der Waals surface area contributed by atoms with Gasteiger partial charge in [0.05, 0.1) is 22.5 Å². The van der Waals surface area contributed by atoms with Gasteiger partial charge in [-0.1, -0.05) is 6.42 Å². The molecule has 1 fully saturated rings. The minimum atomic E-state index is -3.45. The van der Waals surface area contributed by atoms with Crippen molar-refractivity contribution < 1.29 is 8.42 Å². The molecule has 0 aliphatic carbocycles. The molecule has 3 heterocycles. The topological polar surface area (TPSA) is 58.4 Å². The molecule has 1 saturated heterocycles. The van der Waals surface area contributed by atoms with Gasteiger partial charge in [-0.15, -0.1) is 0 Å². The number of rotatable bonds is 7. The maximum absolute atomic E-state index is 13.0. The summed E-state index contributed by atoms with van der Waals surface area (Å²) in [5, 5.41) is 4.26. The molecule has 3 aromatic rings. The number of aryl methyl sites for hydroxylation is 1.